The van der Waals surface area contributed by atoms with Gasteiger partial charge in [0.25, 0.3) is 0 Å². The molecule has 0 heterocycles. The molecular weight excluding hydrogens is 937 g/mol. The minimum Gasteiger partial charge on any atom is -0.462 e. The molecule has 1 unspecified atom stereocenters. The zero-order valence-corrected chi connectivity index (χ0v) is 50.3. The minimum atomic E-state index is -0.778. The number of allylic oxidation sites excluding steroid dienone is 14. The molecule has 0 saturated heterocycles. The van der Waals surface area contributed by atoms with Crippen molar-refractivity contribution in [1.82, 2.24) is 0 Å². The quantitative estimate of drug-likeness (QED) is 0.0261. The lowest BCUT2D eigenvalue weighted by Crippen LogP contribution is -2.30. The summed E-state index contributed by atoms with van der Waals surface area (Å²) >= 11 is 0. The summed E-state index contributed by atoms with van der Waals surface area (Å²) in [4.78, 5) is 38.2. The molecule has 0 aromatic rings. The second kappa shape index (κ2) is 64.1. The number of ether oxygens (including phenoxy) is 3. The number of carbonyl (C=O) groups is 3. The van der Waals surface area contributed by atoms with E-state index in [0.717, 1.165) is 103 Å². The predicted octanol–water partition coefficient (Wildman–Crippen LogP) is 22.3. The lowest BCUT2D eigenvalue weighted by Gasteiger charge is -2.18. The first-order valence-electron chi connectivity index (χ1n) is 32.6. The molecule has 0 amide bonds. The van der Waals surface area contributed by atoms with Gasteiger partial charge in [-0.25, -0.2) is 0 Å². The maximum atomic E-state index is 12.9. The van der Waals surface area contributed by atoms with Crippen LogP contribution < -0.4 is 0 Å². The van der Waals surface area contributed by atoms with Crippen LogP contribution in [0.4, 0.5) is 0 Å². The Labute approximate surface area is 471 Å². The molecule has 1 atom stereocenters. The summed E-state index contributed by atoms with van der Waals surface area (Å²) in [6.07, 6.45) is 84.6. The van der Waals surface area contributed by atoms with Gasteiger partial charge in [-0.15, -0.1) is 0 Å². The van der Waals surface area contributed by atoms with E-state index in [1.807, 2.05) is 0 Å². The van der Waals surface area contributed by atoms with Crippen LogP contribution in [0.25, 0.3) is 0 Å². The number of hydrogen-bond acceptors (Lipinski definition) is 6. The summed E-state index contributed by atoms with van der Waals surface area (Å²) in [6.45, 7) is 6.51. The first kappa shape index (κ1) is 72.6. The Hall–Kier alpha value is -3.41. The Morgan fingerprint density at radius 2 is 0.526 bits per heavy atom. The van der Waals surface area contributed by atoms with E-state index in [2.05, 4.69) is 106 Å². The molecule has 0 aromatic heterocycles. The topological polar surface area (TPSA) is 78.9 Å². The van der Waals surface area contributed by atoms with E-state index in [1.54, 1.807) is 0 Å². The van der Waals surface area contributed by atoms with Crippen LogP contribution in [0, 0.1) is 0 Å². The van der Waals surface area contributed by atoms with Crippen LogP contribution in [0.15, 0.2) is 85.1 Å². The molecule has 0 bridgehead atoms. The molecule has 438 valence electrons. The maximum absolute atomic E-state index is 12.9. The van der Waals surface area contributed by atoms with Crippen molar-refractivity contribution in [1.29, 1.82) is 0 Å². The van der Waals surface area contributed by atoms with Crippen LogP contribution in [0.3, 0.4) is 0 Å². The van der Waals surface area contributed by atoms with Crippen molar-refractivity contribution < 1.29 is 28.6 Å². The third-order valence-electron chi connectivity index (χ3n) is 14.1. The van der Waals surface area contributed by atoms with E-state index >= 15 is 0 Å². The molecule has 0 aliphatic rings. The molecule has 6 heteroatoms. The van der Waals surface area contributed by atoms with Gasteiger partial charge in [0.05, 0.1) is 0 Å². The molecule has 0 aromatic carbocycles. The van der Waals surface area contributed by atoms with Crippen molar-refractivity contribution in [2.24, 2.45) is 0 Å². The van der Waals surface area contributed by atoms with Crippen LogP contribution in [0.5, 0.6) is 0 Å². The Morgan fingerprint density at radius 3 is 0.855 bits per heavy atom. The summed E-state index contributed by atoms with van der Waals surface area (Å²) in [5.41, 5.74) is 0. The minimum absolute atomic E-state index is 0.0762. The average Bonchev–Trinajstić information content (AvgIpc) is 3.42. The van der Waals surface area contributed by atoms with Crippen molar-refractivity contribution in [3.63, 3.8) is 0 Å². The van der Waals surface area contributed by atoms with Gasteiger partial charge in [0.1, 0.15) is 13.2 Å². The zero-order valence-electron chi connectivity index (χ0n) is 50.3. The fourth-order valence-electron chi connectivity index (χ4n) is 9.25. The number of carbonyl (C=O) groups excluding carboxylic acids is 3. The van der Waals surface area contributed by atoms with Crippen LogP contribution in [-0.4, -0.2) is 37.2 Å². The van der Waals surface area contributed by atoms with Gasteiger partial charge in [0.15, 0.2) is 6.10 Å². The van der Waals surface area contributed by atoms with Crippen molar-refractivity contribution in [2.75, 3.05) is 13.2 Å². The van der Waals surface area contributed by atoms with Gasteiger partial charge in [-0.2, -0.15) is 0 Å². The first-order valence-corrected chi connectivity index (χ1v) is 32.6. The largest absolute Gasteiger partial charge is 0.462 e. The SMILES string of the molecule is CC/C=C\C/C=C\C/C=C\C/C=C\C/C=C\C/C=C\CCCCCCCCCCCCCCC(=O)OCC(COC(=O)CCCCCCC/C=C\CCCC)OC(=O)CCCCCCCCCCCCCCCCCC. The first-order chi connectivity index (χ1) is 37.5. The van der Waals surface area contributed by atoms with Gasteiger partial charge in [0.2, 0.25) is 0 Å². The Kier molecular flexibility index (Phi) is 61.2. The summed E-state index contributed by atoms with van der Waals surface area (Å²) in [6, 6.07) is 0. The smallest absolute Gasteiger partial charge is 0.306 e. The molecular formula is C70H122O6. The molecule has 0 radical (unpaired) electrons. The summed E-state index contributed by atoms with van der Waals surface area (Å²) in [5.74, 6) is -0.873. The van der Waals surface area contributed by atoms with E-state index in [-0.39, 0.29) is 31.1 Å². The second-order valence-corrected chi connectivity index (χ2v) is 21.6. The number of hydrogen-bond donors (Lipinski definition) is 0. The Morgan fingerprint density at radius 1 is 0.276 bits per heavy atom. The second-order valence-electron chi connectivity index (χ2n) is 21.6. The molecule has 0 spiro atoms. The summed E-state index contributed by atoms with van der Waals surface area (Å²) in [7, 11) is 0. The van der Waals surface area contributed by atoms with E-state index in [4.69, 9.17) is 14.2 Å². The van der Waals surface area contributed by atoms with Gasteiger partial charge < -0.3 is 14.2 Å². The van der Waals surface area contributed by atoms with Crippen molar-refractivity contribution in [3.8, 4) is 0 Å². The predicted molar refractivity (Wildman–Crippen MR) is 330 cm³/mol. The Balaban J connectivity index is 4.18. The highest BCUT2D eigenvalue weighted by atomic mass is 16.6. The van der Waals surface area contributed by atoms with E-state index < -0.39 is 6.10 Å². The third-order valence-corrected chi connectivity index (χ3v) is 14.1. The van der Waals surface area contributed by atoms with Crippen LogP contribution in [-0.2, 0) is 28.6 Å². The average molecular weight is 1060 g/mol. The standard InChI is InChI=1S/C70H122O6/c1-4-7-10-13-16-19-22-24-26-28-29-30-31-32-33-34-35-36-37-38-39-40-41-42-44-45-48-51-54-57-60-63-69(72)75-66-67(65-74-68(71)62-59-56-53-50-47-21-18-15-12-9-6-3)76-70(73)64-61-58-55-52-49-46-43-27-25-23-20-17-14-11-8-5-2/h7,10,15-16,18-19,24,26,29-30,32-33,35-36,67H,4-6,8-9,11-14,17,20-23,25,27-28,31,34,37-66H2,1-3H3/b10-7-,18-15-,19-16-,26-24-,30-29-,33-32-,36-35-. The van der Waals surface area contributed by atoms with Gasteiger partial charge in [0, 0.05) is 19.3 Å². The van der Waals surface area contributed by atoms with Gasteiger partial charge in [-0.3, -0.25) is 14.4 Å². The number of unbranched alkanes of at least 4 members (excludes halogenated alkanes) is 34. The van der Waals surface area contributed by atoms with E-state index in [9.17, 15) is 14.4 Å². The molecule has 0 rings (SSSR count). The third kappa shape index (κ3) is 61.4. The lowest BCUT2D eigenvalue weighted by molar-refractivity contribution is -0.167. The molecule has 76 heavy (non-hydrogen) atoms. The maximum Gasteiger partial charge on any atom is 0.306 e. The highest BCUT2D eigenvalue weighted by Crippen LogP contribution is 2.17. The van der Waals surface area contributed by atoms with Crippen LogP contribution in [0.2, 0.25) is 0 Å². The molecule has 0 aliphatic heterocycles. The number of rotatable bonds is 59. The van der Waals surface area contributed by atoms with E-state index in [1.165, 1.54) is 180 Å². The Bertz CT molecular complexity index is 1450. The van der Waals surface area contributed by atoms with Crippen LogP contribution in [0.1, 0.15) is 323 Å². The number of esters is 3. The molecule has 0 saturated carbocycles. The fourth-order valence-corrected chi connectivity index (χ4v) is 9.25. The molecule has 0 aliphatic carbocycles. The molecule has 6 nitrogen and oxygen atoms in total. The van der Waals surface area contributed by atoms with Crippen LogP contribution >= 0.6 is 0 Å². The molecule has 0 fully saturated rings. The van der Waals surface area contributed by atoms with Crippen molar-refractivity contribution in [2.45, 2.75) is 329 Å². The fraction of sp³-hybridized carbons (Fsp3) is 0.757. The van der Waals surface area contributed by atoms with Gasteiger partial charge in [-0.05, 0) is 89.9 Å². The van der Waals surface area contributed by atoms with E-state index in [0.29, 0.717) is 19.3 Å². The molecule has 0 N–H and O–H groups in total. The van der Waals surface area contributed by atoms with Gasteiger partial charge in [-0.1, -0.05) is 298 Å². The monoisotopic (exact) mass is 1060 g/mol. The summed E-state index contributed by atoms with van der Waals surface area (Å²) < 4.78 is 16.9. The lowest BCUT2D eigenvalue weighted by atomic mass is 10.0. The normalized spacial score (nSPS) is 12.6. The highest BCUT2D eigenvalue weighted by Gasteiger charge is 2.19. The zero-order chi connectivity index (χ0) is 55.0. The van der Waals surface area contributed by atoms with Crippen molar-refractivity contribution in [3.05, 3.63) is 85.1 Å². The van der Waals surface area contributed by atoms with Gasteiger partial charge >= 0.3 is 17.9 Å². The highest BCUT2D eigenvalue weighted by molar-refractivity contribution is 5.71. The van der Waals surface area contributed by atoms with Crippen molar-refractivity contribution >= 4 is 17.9 Å². The summed E-state index contributed by atoms with van der Waals surface area (Å²) in [5, 5.41) is 0.